The number of anilines is 1. The number of carbonyl (C=O) groups excluding carboxylic acids is 4. The number of ether oxygens (including phenoxy) is 1. The van der Waals surface area contributed by atoms with Crippen LogP contribution < -0.4 is 10.2 Å². The maximum atomic E-state index is 13.2. The predicted molar refractivity (Wildman–Crippen MR) is 109 cm³/mol. The zero-order chi connectivity index (χ0) is 21.5. The molecule has 1 saturated heterocycles. The molecule has 1 saturated carbocycles. The van der Waals surface area contributed by atoms with Crippen LogP contribution in [0.5, 0.6) is 0 Å². The van der Waals surface area contributed by atoms with E-state index < -0.39 is 18.2 Å². The second-order valence-electron chi connectivity index (χ2n) is 8.53. The third kappa shape index (κ3) is 3.24. The van der Waals surface area contributed by atoms with E-state index in [-0.39, 0.29) is 36.6 Å². The molecule has 2 heterocycles. The van der Waals surface area contributed by atoms with E-state index in [1.54, 1.807) is 24.3 Å². The molecule has 3 aliphatic rings. The number of hydrogen-bond donors (Lipinski definition) is 1. The Labute approximate surface area is 175 Å². The monoisotopic (exact) mass is 413 g/mol. The lowest BCUT2D eigenvalue weighted by molar-refractivity contribution is -0.159. The average Bonchev–Trinajstić information content (AvgIpc) is 3.10. The van der Waals surface area contributed by atoms with Crippen molar-refractivity contribution in [2.24, 2.45) is 5.92 Å². The Morgan fingerprint density at radius 1 is 1.17 bits per heavy atom. The highest BCUT2D eigenvalue weighted by Crippen LogP contribution is 2.44. The minimum absolute atomic E-state index is 0.0981. The summed E-state index contributed by atoms with van der Waals surface area (Å²) in [5.74, 6) is -1.05. The summed E-state index contributed by atoms with van der Waals surface area (Å²) in [6.07, 6.45) is 4.22. The molecule has 0 aromatic heterocycles. The van der Waals surface area contributed by atoms with E-state index >= 15 is 0 Å². The second-order valence-corrected chi connectivity index (χ2v) is 8.53. The van der Waals surface area contributed by atoms with Gasteiger partial charge < -0.3 is 15.0 Å². The maximum absolute atomic E-state index is 13.2. The number of esters is 1. The van der Waals surface area contributed by atoms with E-state index in [0.717, 1.165) is 25.7 Å². The highest BCUT2D eigenvalue weighted by Gasteiger charge is 2.60. The van der Waals surface area contributed by atoms with Crippen molar-refractivity contribution in [2.45, 2.75) is 57.2 Å². The van der Waals surface area contributed by atoms with Crippen molar-refractivity contribution in [3.8, 4) is 0 Å². The summed E-state index contributed by atoms with van der Waals surface area (Å²) < 4.78 is 5.35. The van der Waals surface area contributed by atoms with Gasteiger partial charge in [-0.2, -0.15) is 0 Å². The van der Waals surface area contributed by atoms with Crippen LogP contribution in [0.3, 0.4) is 0 Å². The first-order valence-corrected chi connectivity index (χ1v) is 10.5. The normalized spacial score (nSPS) is 28.1. The summed E-state index contributed by atoms with van der Waals surface area (Å²) in [7, 11) is 1.49. The number of carbonyl (C=O) groups is 4. The van der Waals surface area contributed by atoms with Crippen molar-refractivity contribution < 1.29 is 23.9 Å². The van der Waals surface area contributed by atoms with Gasteiger partial charge in [0.25, 0.3) is 11.8 Å². The van der Waals surface area contributed by atoms with Gasteiger partial charge in [-0.1, -0.05) is 19.1 Å². The average molecular weight is 413 g/mol. The fourth-order valence-corrected chi connectivity index (χ4v) is 4.81. The first-order valence-electron chi connectivity index (χ1n) is 10.5. The molecule has 30 heavy (non-hydrogen) atoms. The van der Waals surface area contributed by atoms with E-state index in [4.69, 9.17) is 4.74 Å². The molecule has 1 aromatic rings. The fraction of sp³-hybridized carbons (Fsp3) is 0.545. The van der Waals surface area contributed by atoms with Gasteiger partial charge in [0.15, 0.2) is 6.61 Å². The van der Waals surface area contributed by atoms with Gasteiger partial charge >= 0.3 is 5.97 Å². The van der Waals surface area contributed by atoms with Gasteiger partial charge in [-0.25, -0.2) is 4.79 Å². The SMILES string of the molecule is CC1CCC(NC(=O)COC(=O)[C@@]23CCC(=O)N2c2ccccc2C(=O)N3C)CC1. The van der Waals surface area contributed by atoms with Gasteiger partial charge in [0.1, 0.15) is 0 Å². The van der Waals surface area contributed by atoms with Crippen LogP contribution in [0.15, 0.2) is 24.3 Å². The lowest BCUT2D eigenvalue weighted by Crippen LogP contribution is -2.67. The number of benzene rings is 1. The van der Waals surface area contributed by atoms with Crippen molar-refractivity contribution >= 4 is 29.4 Å². The summed E-state index contributed by atoms with van der Waals surface area (Å²) in [4.78, 5) is 53.7. The molecule has 2 fully saturated rings. The van der Waals surface area contributed by atoms with Crippen LogP contribution in [-0.4, -0.2) is 54.0 Å². The zero-order valence-corrected chi connectivity index (χ0v) is 17.3. The molecule has 160 valence electrons. The second kappa shape index (κ2) is 7.74. The third-order valence-corrected chi connectivity index (χ3v) is 6.58. The van der Waals surface area contributed by atoms with Crippen LogP contribution >= 0.6 is 0 Å². The van der Waals surface area contributed by atoms with E-state index in [0.29, 0.717) is 17.2 Å². The summed E-state index contributed by atoms with van der Waals surface area (Å²) >= 11 is 0. The van der Waals surface area contributed by atoms with Crippen LogP contribution in [0, 0.1) is 5.92 Å². The molecule has 3 amide bonds. The first-order chi connectivity index (χ1) is 14.3. The summed E-state index contributed by atoms with van der Waals surface area (Å²) in [6.45, 7) is 1.77. The standard InChI is InChI=1S/C22H27N3O5/c1-14-7-9-15(10-8-14)23-18(26)13-30-21(29)22-12-11-19(27)25(22)17-6-4-3-5-16(17)20(28)24(22)2/h3-6,14-15H,7-13H2,1-2H3,(H,23,26)/t14?,15?,22-/m1/s1. The molecule has 1 aromatic carbocycles. The Morgan fingerprint density at radius 2 is 1.87 bits per heavy atom. The molecular formula is C22H27N3O5. The van der Waals surface area contributed by atoms with Gasteiger partial charge in [0.2, 0.25) is 11.6 Å². The lowest BCUT2D eigenvalue weighted by Gasteiger charge is -2.46. The predicted octanol–water partition coefficient (Wildman–Crippen LogP) is 1.83. The van der Waals surface area contributed by atoms with Crippen molar-refractivity contribution in [2.75, 3.05) is 18.6 Å². The number of fused-ring (bicyclic) bond motifs is 3. The maximum Gasteiger partial charge on any atom is 0.354 e. The number of nitrogens with one attached hydrogen (secondary N) is 1. The Morgan fingerprint density at radius 3 is 2.60 bits per heavy atom. The number of amides is 3. The van der Waals surface area contributed by atoms with E-state index in [1.807, 2.05) is 0 Å². The molecule has 0 unspecified atom stereocenters. The number of rotatable bonds is 4. The zero-order valence-electron chi connectivity index (χ0n) is 17.3. The largest absolute Gasteiger partial charge is 0.452 e. The van der Waals surface area contributed by atoms with Crippen molar-refractivity contribution in [1.29, 1.82) is 0 Å². The van der Waals surface area contributed by atoms with E-state index in [9.17, 15) is 19.2 Å². The molecule has 0 spiro atoms. The van der Waals surface area contributed by atoms with Crippen molar-refractivity contribution in [1.82, 2.24) is 10.2 Å². The molecule has 0 radical (unpaired) electrons. The molecule has 8 nitrogen and oxygen atoms in total. The van der Waals surface area contributed by atoms with Gasteiger partial charge in [-0.05, 0) is 43.7 Å². The van der Waals surface area contributed by atoms with Gasteiger partial charge in [0.05, 0.1) is 11.3 Å². The van der Waals surface area contributed by atoms with Crippen molar-refractivity contribution in [3.63, 3.8) is 0 Å². The summed E-state index contributed by atoms with van der Waals surface area (Å²) in [5, 5.41) is 2.92. The molecule has 0 bridgehead atoms. The van der Waals surface area contributed by atoms with E-state index in [2.05, 4.69) is 12.2 Å². The molecule has 1 aliphatic carbocycles. The quantitative estimate of drug-likeness (QED) is 0.760. The molecule has 8 heteroatoms. The minimum atomic E-state index is -1.55. The Hall–Kier alpha value is -2.90. The first kappa shape index (κ1) is 20.4. The highest BCUT2D eigenvalue weighted by molar-refractivity contribution is 6.15. The van der Waals surface area contributed by atoms with Gasteiger partial charge in [-0.15, -0.1) is 0 Å². The van der Waals surface area contributed by atoms with Gasteiger partial charge in [0, 0.05) is 25.9 Å². The number of nitrogens with zero attached hydrogens (tertiary/aromatic N) is 2. The molecule has 1 atom stereocenters. The molecular weight excluding hydrogens is 386 g/mol. The lowest BCUT2D eigenvalue weighted by atomic mass is 9.87. The Kier molecular flexibility index (Phi) is 5.26. The van der Waals surface area contributed by atoms with Crippen LogP contribution in [0.2, 0.25) is 0 Å². The topological polar surface area (TPSA) is 96.0 Å². The van der Waals surface area contributed by atoms with Crippen LogP contribution in [0.1, 0.15) is 55.8 Å². The summed E-state index contributed by atoms with van der Waals surface area (Å²) in [5.41, 5.74) is -0.785. The van der Waals surface area contributed by atoms with E-state index in [1.165, 1.54) is 16.8 Å². The number of likely N-dealkylation sites (N-methyl/N-ethyl adjacent to an activating group) is 1. The smallest absolute Gasteiger partial charge is 0.354 e. The van der Waals surface area contributed by atoms with Crippen LogP contribution in [0.4, 0.5) is 5.69 Å². The Bertz CT molecular complexity index is 893. The van der Waals surface area contributed by atoms with Crippen LogP contribution in [-0.2, 0) is 19.1 Å². The number of hydrogen-bond acceptors (Lipinski definition) is 5. The minimum Gasteiger partial charge on any atom is -0.452 e. The fourth-order valence-electron chi connectivity index (χ4n) is 4.81. The van der Waals surface area contributed by atoms with Crippen LogP contribution in [0.25, 0.3) is 0 Å². The van der Waals surface area contributed by atoms with Gasteiger partial charge in [-0.3, -0.25) is 19.3 Å². The third-order valence-electron chi connectivity index (χ3n) is 6.58. The highest BCUT2D eigenvalue weighted by atomic mass is 16.5. The Balaban J connectivity index is 1.49. The molecule has 2 aliphatic heterocycles. The van der Waals surface area contributed by atoms with Crippen molar-refractivity contribution in [3.05, 3.63) is 29.8 Å². The molecule has 1 N–H and O–H groups in total. The molecule has 4 rings (SSSR count). The summed E-state index contributed by atoms with van der Waals surface area (Å²) in [6, 6.07) is 6.82. The number of para-hydroxylation sites is 1.